The van der Waals surface area contributed by atoms with E-state index in [4.69, 9.17) is 5.73 Å². The lowest BCUT2D eigenvalue weighted by atomic mass is 9.91. The standard InChI is InChI=1S/C23H23F2N5O/c1-14-16(11-28-15(2)29-14)12-30(22-20(25)7-4-8-27-22)13-23(10-19(23)21(26)31)17-5-3-6-18(24)9-17/h3-9,11,19H,10,12-13H2,1-2H3,(H2,26,31). The fourth-order valence-electron chi connectivity index (χ4n) is 4.19. The average Bonchev–Trinajstić information content (AvgIpc) is 3.46. The summed E-state index contributed by atoms with van der Waals surface area (Å²) in [6.07, 6.45) is 3.68. The highest BCUT2D eigenvalue weighted by Gasteiger charge is 2.59. The molecular weight excluding hydrogens is 400 g/mol. The maximum Gasteiger partial charge on any atom is 0.221 e. The lowest BCUT2D eigenvalue weighted by Crippen LogP contribution is -2.37. The van der Waals surface area contributed by atoms with E-state index < -0.39 is 28.9 Å². The second-order valence-corrected chi connectivity index (χ2v) is 8.02. The predicted octanol–water partition coefficient (Wildman–Crippen LogP) is 3.22. The van der Waals surface area contributed by atoms with E-state index in [0.717, 1.165) is 11.3 Å². The van der Waals surface area contributed by atoms with Crippen LogP contribution in [0.4, 0.5) is 14.6 Å². The van der Waals surface area contributed by atoms with Gasteiger partial charge in [-0.3, -0.25) is 4.79 Å². The Bertz CT molecular complexity index is 1140. The third-order valence-electron chi connectivity index (χ3n) is 5.89. The summed E-state index contributed by atoms with van der Waals surface area (Å²) in [5.74, 6) is -1.03. The zero-order valence-electron chi connectivity index (χ0n) is 17.3. The predicted molar refractivity (Wildman–Crippen MR) is 112 cm³/mol. The molecule has 6 nitrogen and oxygen atoms in total. The number of anilines is 1. The van der Waals surface area contributed by atoms with Gasteiger partial charge in [0.05, 0.1) is 5.92 Å². The number of amides is 1. The molecule has 3 aromatic rings. The van der Waals surface area contributed by atoms with Crippen molar-refractivity contribution in [3.63, 3.8) is 0 Å². The second kappa shape index (κ2) is 8.02. The lowest BCUT2D eigenvalue weighted by Gasteiger charge is -2.30. The molecule has 31 heavy (non-hydrogen) atoms. The number of carbonyl (C=O) groups is 1. The van der Waals surface area contributed by atoms with Crippen molar-refractivity contribution in [1.82, 2.24) is 15.0 Å². The quantitative estimate of drug-likeness (QED) is 0.631. The summed E-state index contributed by atoms with van der Waals surface area (Å²) in [6.45, 7) is 4.18. The molecule has 1 aliphatic rings. The summed E-state index contributed by atoms with van der Waals surface area (Å²) >= 11 is 0. The summed E-state index contributed by atoms with van der Waals surface area (Å²) < 4.78 is 28.7. The van der Waals surface area contributed by atoms with Gasteiger partial charge < -0.3 is 10.6 Å². The lowest BCUT2D eigenvalue weighted by molar-refractivity contribution is -0.119. The number of halogens is 2. The minimum absolute atomic E-state index is 0.147. The number of aryl methyl sites for hydroxylation is 2. The van der Waals surface area contributed by atoms with Gasteiger partial charge in [0.15, 0.2) is 11.6 Å². The van der Waals surface area contributed by atoms with Crippen LogP contribution < -0.4 is 10.6 Å². The number of carbonyl (C=O) groups excluding carboxylic acids is 1. The summed E-state index contributed by atoms with van der Waals surface area (Å²) in [5.41, 5.74) is 7.14. The highest BCUT2D eigenvalue weighted by Crippen LogP contribution is 2.55. The molecule has 4 rings (SSSR count). The van der Waals surface area contributed by atoms with Crippen molar-refractivity contribution in [2.45, 2.75) is 32.2 Å². The highest BCUT2D eigenvalue weighted by molar-refractivity contribution is 5.83. The molecule has 1 amide bonds. The first kappa shape index (κ1) is 20.8. The SMILES string of the molecule is Cc1ncc(CN(CC2(c3cccc(F)c3)CC2C(N)=O)c2ncccc2F)c(C)n1. The van der Waals surface area contributed by atoms with Crippen LogP contribution in [0.25, 0.3) is 0 Å². The molecule has 1 fully saturated rings. The molecule has 0 spiro atoms. The van der Waals surface area contributed by atoms with Gasteiger partial charge in [0.25, 0.3) is 0 Å². The fourth-order valence-corrected chi connectivity index (χ4v) is 4.19. The van der Waals surface area contributed by atoms with Crippen LogP contribution in [0.3, 0.4) is 0 Å². The van der Waals surface area contributed by atoms with E-state index in [0.29, 0.717) is 17.8 Å². The zero-order valence-corrected chi connectivity index (χ0v) is 17.3. The Labute approximate surface area is 179 Å². The molecule has 2 atom stereocenters. The molecule has 8 heteroatoms. The maximum atomic E-state index is 14.7. The molecule has 0 aliphatic heterocycles. The Hall–Kier alpha value is -3.42. The first-order chi connectivity index (χ1) is 14.8. The summed E-state index contributed by atoms with van der Waals surface area (Å²) in [4.78, 5) is 26.7. The zero-order chi connectivity index (χ0) is 22.2. The molecule has 0 saturated heterocycles. The molecular formula is C23H23F2N5O. The first-order valence-corrected chi connectivity index (χ1v) is 10.00. The number of nitrogens with zero attached hydrogens (tertiary/aromatic N) is 4. The van der Waals surface area contributed by atoms with E-state index in [9.17, 15) is 13.6 Å². The Balaban J connectivity index is 1.75. The monoisotopic (exact) mass is 423 g/mol. The van der Waals surface area contributed by atoms with Crippen LogP contribution in [0, 0.1) is 31.4 Å². The molecule has 0 bridgehead atoms. The number of hydrogen-bond acceptors (Lipinski definition) is 5. The number of primary amides is 1. The van der Waals surface area contributed by atoms with Crippen LogP contribution in [0.2, 0.25) is 0 Å². The van der Waals surface area contributed by atoms with Crippen molar-refractivity contribution in [2.24, 2.45) is 11.7 Å². The van der Waals surface area contributed by atoms with Crippen molar-refractivity contribution < 1.29 is 13.6 Å². The summed E-state index contributed by atoms with van der Waals surface area (Å²) in [5, 5.41) is 0. The van der Waals surface area contributed by atoms with Crippen molar-refractivity contribution in [2.75, 3.05) is 11.4 Å². The molecule has 2 heterocycles. The number of pyridine rings is 1. The van der Waals surface area contributed by atoms with Crippen LogP contribution in [0.15, 0.2) is 48.8 Å². The number of aromatic nitrogens is 3. The van der Waals surface area contributed by atoms with E-state index in [-0.39, 0.29) is 18.9 Å². The molecule has 160 valence electrons. The topological polar surface area (TPSA) is 85.0 Å². The van der Waals surface area contributed by atoms with Crippen LogP contribution >= 0.6 is 0 Å². The van der Waals surface area contributed by atoms with Crippen LogP contribution in [0.1, 0.15) is 29.1 Å². The third-order valence-corrected chi connectivity index (χ3v) is 5.89. The van der Waals surface area contributed by atoms with Gasteiger partial charge in [-0.1, -0.05) is 12.1 Å². The Morgan fingerprint density at radius 3 is 2.68 bits per heavy atom. The molecule has 0 radical (unpaired) electrons. The normalized spacial score (nSPS) is 19.8. The number of rotatable bonds is 7. The van der Waals surface area contributed by atoms with Gasteiger partial charge in [0.1, 0.15) is 11.6 Å². The Morgan fingerprint density at radius 1 is 1.23 bits per heavy atom. The van der Waals surface area contributed by atoms with Gasteiger partial charge >= 0.3 is 0 Å². The van der Waals surface area contributed by atoms with Crippen LogP contribution in [-0.2, 0) is 16.8 Å². The smallest absolute Gasteiger partial charge is 0.221 e. The second-order valence-electron chi connectivity index (χ2n) is 8.02. The van der Waals surface area contributed by atoms with Gasteiger partial charge in [0.2, 0.25) is 5.91 Å². The average molecular weight is 423 g/mol. The largest absolute Gasteiger partial charge is 0.369 e. The summed E-state index contributed by atoms with van der Waals surface area (Å²) in [6, 6.07) is 8.99. The van der Waals surface area contributed by atoms with Gasteiger partial charge in [-0.15, -0.1) is 0 Å². The maximum absolute atomic E-state index is 14.7. The van der Waals surface area contributed by atoms with Gasteiger partial charge in [0, 0.05) is 42.2 Å². The van der Waals surface area contributed by atoms with Gasteiger partial charge in [-0.2, -0.15) is 0 Å². The molecule has 1 aliphatic carbocycles. The minimum Gasteiger partial charge on any atom is -0.369 e. The van der Waals surface area contributed by atoms with Crippen LogP contribution in [-0.4, -0.2) is 27.4 Å². The molecule has 1 saturated carbocycles. The number of benzene rings is 1. The summed E-state index contributed by atoms with van der Waals surface area (Å²) in [7, 11) is 0. The first-order valence-electron chi connectivity index (χ1n) is 10.00. The molecule has 2 unspecified atom stereocenters. The number of nitrogens with two attached hydrogens (primary N) is 1. The number of hydrogen-bond donors (Lipinski definition) is 1. The van der Waals surface area contributed by atoms with Crippen molar-refractivity contribution in [3.8, 4) is 0 Å². The minimum atomic E-state index is -0.725. The molecule has 1 aromatic carbocycles. The van der Waals surface area contributed by atoms with Crippen molar-refractivity contribution in [3.05, 3.63) is 83.1 Å². The van der Waals surface area contributed by atoms with Crippen molar-refractivity contribution in [1.29, 1.82) is 0 Å². The molecule has 2 aromatic heterocycles. The van der Waals surface area contributed by atoms with Crippen LogP contribution in [0.5, 0.6) is 0 Å². The molecule has 2 N–H and O–H groups in total. The van der Waals surface area contributed by atoms with Gasteiger partial charge in [-0.05, 0) is 50.1 Å². The highest BCUT2D eigenvalue weighted by atomic mass is 19.1. The Morgan fingerprint density at radius 2 is 2.03 bits per heavy atom. The van der Waals surface area contributed by atoms with E-state index in [1.54, 1.807) is 30.2 Å². The van der Waals surface area contributed by atoms with E-state index >= 15 is 0 Å². The van der Waals surface area contributed by atoms with E-state index in [1.807, 2.05) is 6.92 Å². The van der Waals surface area contributed by atoms with E-state index in [1.165, 1.54) is 30.5 Å². The van der Waals surface area contributed by atoms with Gasteiger partial charge in [-0.25, -0.2) is 23.7 Å². The van der Waals surface area contributed by atoms with E-state index in [2.05, 4.69) is 15.0 Å². The van der Waals surface area contributed by atoms with Crippen molar-refractivity contribution >= 4 is 11.7 Å². The third kappa shape index (κ3) is 4.10. The Kier molecular flexibility index (Phi) is 5.39. The fraction of sp³-hybridized carbons (Fsp3) is 0.304.